The standard InChI is InChI=1S/C70H133NO5/c1-3-5-7-9-11-13-15-17-19-31-35-38-42-46-50-54-58-62-68(73)67(66-72)71-69(74)63-59-55-51-47-43-39-36-32-29-27-25-23-21-20-22-24-26-28-30-33-37-41-45-49-53-57-61-65-76-70(75)64-60-56-52-48-44-40-34-18-16-14-12-10-8-6-4-2/h20-21,24,26,58,62,67-68,72-73H,3-19,22-23,25,27-57,59-61,63-66H2,1-2H3,(H,71,74)/b21-20-,26-24-,62-58+. The number of aliphatic hydroxyl groups excluding tert-OH is 2. The zero-order valence-corrected chi connectivity index (χ0v) is 51.3. The maximum Gasteiger partial charge on any atom is 0.305 e. The number of esters is 1. The monoisotopic (exact) mass is 1070 g/mol. The van der Waals surface area contributed by atoms with E-state index < -0.39 is 12.1 Å². The van der Waals surface area contributed by atoms with Crippen LogP contribution >= 0.6 is 0 Å². The van der Waals surface area contributed by atoms with E-state index in [-0.39, 0.29) is 18.5 Å². The molecule has 0 saturated carbocycles. The number of amides is 1. The van der Waals surface area contributed by atoms with Crippen LogP contribution in [-0.2, 0) is 14.3 Å². The SMILES string of the molecule is CCCCCCCCCCCCCCCCC/C=C/C(O)C(CO)NC(=O)CCCCCCCCCCCCC/C=C\C/C=C\CCCCCCCCCCCOC(=O)CCCCCCCCCCCCCCCCC. The predicted octanol–water partition coefficient (Wildman–Crippen LogP) is 21.9. The molecular formula is C70H133NO5. The second-order valence-electron chi connectivity index (χ2n) is 23.5. The Morgan fingerprint density at radius 1 is 0.368 bits per heavy atom. The molecule has 0 rings (SSSR count). The van der Waals surface area contributed by atoms with E-state index in [1.165, 1.54) is 302 Å². The number of nitrogens with one attached hydrogen (secondary N) is 1. The van der Waals surface area contributed by atoms with Gasteiger partial charge in [-0.05, 0) is 64.2 Å². The molecule has 0 fully saturated rings. The number of unbranched alkanes of at least 4 members (excludes halogenated alkanes) is 49. The highest BCUT2D eigenvalue weighted by Gasteiger charge is 2.18. The lowest BCUT2D eigenvalue weighted by molar-refractivity contribution is -0.143. The Hall–Kier alpha value is -1.92. The van der Waals surface area contributed by atoms with Crippen LogP contribution in [-0.4, -0.2) is 47.4 Å². The summed E-state index contributed by atoms with van der Waals surface area (Å²) in [6.45, 7) is 4.93. The molecule has 0 heterocycles. The third-order valence-corrected chi connectivity index (χ3v) is 15.9. The van der Waals surface area contributed by atoms with Crippen molar-refractivity contribution in [3.8, 4) is 0 Å². The van der Waals surface area contributed by atoms with Crippen LogP contribution in [0.5, 0.6) is 0 Å². The van der Waals surface area contributed by atoms with Crippen LogP contribution in [0.2, 0.25) is 0 Å². The number of hydrogen-bond donors (Lipinski definition) is 3. The molecule has 2 atom stereocenters. The van der Waals surface area contributed by atoms with Crippen molar-refractivity contribution < 1.29 is 24.5 Å². The summed E-state index contributed by atoms with van der Waals surface area (Å²) in [4.78, 5) is 24.6. The molecule has 3 N–H and O–H groups in total. The summed E-state index contributed by atoms with van der Waals surface area (Å²) in [5.74, 6) is -0.0553. The first-order valence-corrected chi connectivity index (χ1v) is 34.3. The van der Waals surface area contributed by atoms with Crippen LogP contribution in [0.25, 0.3) is 0 Å². The fraction of sp³-hybridized carbons (Fsp3) is 0.886. The Morgan fingerprint density at radius 3 is 1.00 bits per heavy atom. The lowest BCUT2D eigenvalue weighted by atomic mass is 10.0. The first-order chi connectivity index (χ1) is 37.5. The third kappa shape index (κ3) is 61.3. The van der Waals surface area contributed by atoms with Gasteiger partial charge < -0.3 is 20.3 Å². The van der Waals surface area contributed by atoms with Gasteiger partial charge in [0.15, 0.2) is 0 Å². The molecule has 0 aliphatic carbocycles. The van der Waals surface area contributed by atoms with Gasteiger partial charge in [0, 0.05) is 12.8 Å². The number of carbonyl (C=O) groups is 2. The number of rotatable bonds is 64. The van der Waals surface area contributed by atoms with Crippen LogP contribution in [0.3, 0.4) is 0 Å². The highest BCUT2D eigenvalue weighted by atomic mass is 16.5. The van der Waals surface area contributed by atoms with E-state index in [2.05, 4.69) is 43.5 Å². The summed E-state index contributed by atoms with van der Waals surface area (Å²) in [5, 5.41) is 23.2. The molecule has 76 heavy (non-hydrogen) atoms. The maximum absolute atomic E-state index is 12.5. The van der Waals surface area contributed by atoms with Crippen LogP contribution in [0, 0.1) is 0 Å². The van der Waals surface area contributed by atoms with Crippen molar-refractivity contribution in [1.29, 1.82) is 0 Å². The van der Waals surface area contributed by atoms with Crippen molar-refractivity contribution in [2.24, 2.45) is 0 Å². The Bertz CT molecular complexity index is 1230. The summed E-state index contributed by atoms with van der Waals surface area (Å²) in [6, 6.07) is -0.631. The Balaban J connectivity index is 3.43. The van der Waals surface area contributed by atoms with Crippen molar-refractivity contribution in [3.63, 3.8) is 0 Å². The van der Waals surface area contributed by atoms with Crippen molar-refractivity contribution in [3.05, 3.63) is 36.5 Å². The average Bonchev–Trinajstić information content (AvgIpc) is 3.42. The second kappa shape index (κ2) is 65.6. The fourth-order valence-electron chi connectivity index (χ4n) is 10.7. The number of ether oxygens (including phenoxy) is 1. The van der Waals surface area contributed by atoms with E-state index in [1.54, 1.807) is 6.08 Å². The highest BCUT2D eigenvalue weighted by molar-refractivity contribution is 5.76. The van der Waals surface area contributed by atoms with Crippen molar-refractivity contribution in [1.82, 2.24) is 5.32 Å². The molecule has 0 radical (unpaired) electrons. The first-order valence-electron chi connectivity index (χ1n) is 34.3. The van der Waals surface area contributed by atoms with Gasteiger partial charge in [0.25, 0.3) is 0 Å². The van der Waals surface area contributed by atoms with E-state index in [4.69, 9.17) is 4.74 Å². The molecule has 448 valence electrons. The van der Waals surface area contributed by atoms with Crippen molar-refractivity contribution in [2.75, 3.05) is 13.2 Å². The molecular weight excluding hydrogens is 935 g/mol. The lowest BCUT2D eigenvalue weighted by Crippen LogP contribution is -2.45. The van der Waals surface area contributed by atoms with E-state index in [1.807, 2.05) is 6.08 Å². The molecule has 1 amide bonds. The lowest BCUT2D eigenvalue weighted by Gasteiger charge is -2.20. The topological polar surface area (TPSA) is 95.9 Å². The summed E-state index contributed by atoms with van der Waals surface area (Å²) in [6.07, 6.45) is 83.5. The quantitative estimate of drug-likeness (QED) is 0.0320. The van der Waals surface area contributed by atoms with Crippen LogP contribution in [0.15, 0.2) is 36.5 Å². The first kappa shape index (κ1) is 74.1. The molecule has 6 heteroatoms. The van der Waals surface area contributed by atoms with Crippen LogP contribution in [0.1, 0.15) is 373 Å². The van der Waals surface area contributed by atoms with Gasteiger partial charge >= 0.3 is 5.97 Å². The minimum atomic E-state index is -0.847. The van der Waals surface area contributed by atoms with Gasteiger partial charge in [-0.3, -0.25) is 9.59 Å². The molecule has 0 aromatic heterocycles. The minimum Gasteiger partial charge on any atom is -0.466 e. The molecule has 0 bridgehead atoms. The predicted molar refractivity (Wildman–Crippen MR) is 333 cm³/mol. The number of allylic oxidation sites excluding steroid dienone is 5. The number of aliphatic hydroxyl groups is 2. The molecule has 0 aromatic rings. The normalized spacial score (nSPS) is 12.7. The van der Waals surface area contributed by atoms with E-state index >= 15 is 0 Å². The highest BCUT2D eigenvalue weighted by Crippen LogP contribution is 2.18. The van der Waals surface area contributed by atoms with Gasteiger partial charge in [0.2, 0.25) is 5.91 Å². The van der Waals surface area contributed by atoms with Crippen LogP contribution < -0.4 is 5.32 Å². The van der Waals surface area contributed by atoms with Gasteiger partial charge in [-0.25, -0.2) is 0 Å². The third-order valence-electron chi connectivity index (χ3n) is 15.9. The number of hydrogen-bond acceptors (Lipinski definition) is 5. The summed E-state index contributed by atoms with van der Waals surface area (Å²) in [5.41, 5.74) is 0. The zero-order valence-electron chi connectivity index (χ0n) is 51.3. The Kier molecular flexibility index (Phi) is 63.9. The van der Waals surface area contributed by atoms with E-state index in [9.17, 15) is 19.8 Å². The fourth-order valence-corrected chi connectivity index (χ4v) is 10.7. The molecule has 0 aliphatic rings. The molecule has 2 unspecified atom stereocenters. The van der Waals surface area contributed by atoms with Crippen molar-refractivity contribution >= 4 is 11.9 Å². The van der Waals surface area contributed by atoms with Gasteiger partial charge in [0.05, 0.1) is 25.4 Å². The van der Waals surface area contributed by atoms with Gasteiger partial charge in [-0.2, -0.15) is 0 Å². The van der Waals surface area contributed by atoms with E-state index in [0.29, 0.717) is 19.4 Å². The molecule has 0 aromatic carbocycles. The zero-order chi connectivity index (χ0) is 55.0. The van der Waals surface area contributed by atoms with Crippen molar-refractivity contribution in [2.45, 2.75) is 386 Å². The van der Waals surface area contributed by atoms with E-state index in [0.717, 1.165) is 44.9 Å². The van der Waals surface area contributed by atoms with Gasteiger partial charge in [0.1, 0.15) is 0 Å². The molecule has 0 spiro atoms. The smallest absolute Gasteiger partial charge is 0.305 e. The summed E-state index contributed by atoms with van der Waals surface area (Å²) in [7, 11) is 0. The number of carbonyl (C=O) groups excluding carboxylic acids is 2. The molecule has 0 saturated heterocycles. The Morgan fingerprint density at radius 2 is 0.658 bits per heavy atom. The average molecular weight is 1070 g/mol. The van der Waals surface area contributed by atoms with Gasteiger partial charge in [-0.15, -0.1) is 0 Å². The van der Waals surface area contributed by atoms with Crippen LogP contribution in [0.4, 0.5) is 0 Å². The maximum atomic E-state index is 12.5. The summed E-state index contributed by atoms with van der Waals surface area (Å²) < 4.78 is 5.49. The minimum absolute atomic E-state index is 0.0135. The Labute approximate surface area is 474 Å². The molecule has 0 aliphatic heterocycles. The second-order valence-corrected chi connectivity index (χ2v) is 23.5. The largest absolute Gasteiger partial charge is 0.466 e. The van der Waals surface area contributed by atoms with Gasteiger partial charge in [-0.1, -0.05) is 333 Å². The summed E-state index contributed by atoms with van der Waals surface area (Å²) >= 11 is 0. The molecule has 6 nitrogen and oxygen atoms in total.